The molecule has 0 radical (unpaired) electrons. The predicted molar refractivity (Wildman–Crippen MR) is 72.5 cm³/mol. The van der Waals surface area contributed by atoms with Gasteiger partial charge in [-0.05, 0) is 17.7 Å². The third-order valence-corrected chi connectivity index (χ3v) is 3.20. The summed E-state index contributed by atoms with van der Waals surface area (Å²) in [5.74, 6) is 1.12. The van der Waals surface area contributed by atoms with E-state index in [4.69, 9.17) is 0 Å². The molecular formula is C15H15N3. The van der Waals surface area contributed by atoms with Crippen molar-refractivity contribution < 1.29 is 0 Å². The minimum atomic E-state index is 0.853. The molecule has 2 heterocycles. The molecule has 90 valence electrons. The van der Waals surface area contributed by atoms with Crippen molar-refractivity contribution in [2.75, 3.05) is 0 Å². The SMILES string of the molecule is CCc1nccn1Cc1ccnc2ccccc12. The van der Waals surface area contributed by atoms with Crippen LogP contribution in [0.4, 0.5) is 0 Å². The van der Waals surface area contributed by atoms with Gasteiger partial charge < -0.3 is 4.57 Å². The first-order chi connectivity index (χ1) is 8.88. The minimum absolute atomic E-state index is 0.853. The second-order valence-electron chi connectivity index (χ2n) is 4.31. The Balaban J connectivity index is 2.05. The maximum absolute atomic E-state index is 4.39. The lowest BCUT2D eigenvalue weighted by Crippen LogP contribution is -2.04. The third kappa shape index (κ3) is 1.88. The number of hydrogen-bond donors (Lipinski definition) is 0. The summed E-state index contributed by atoms with van der Waals surface area (Å²) in [6.07, 6.45) is 6.73. The molecule has 0 N–H and O–H groups in total. The molecule has 0 amide bonds. The summed E-state index contributed by atoms with van der Waals surface area (Å²) in [5, 5.41) is 1.22. The fourth-order valence-electron chi connectivity index (χ4n) is 2.27. The fourth-order valence-corrected chi connectivity index (χ4v) is 2.27. The predicted octanol–water partition coefficient (Wildman–Crippen LogP) is 3.04. The average Bonchev–Trinajstić information content (AvgIpc) is 2.86. The Kier molecular flexibility index (Phi) is 2.81. The Morgan fingerprint density at radius 2 is 1.94 bits per heavy atom. The van der Waals surface area contributed by atoms with Gasteiger partial charge in [0.25, 0.3) is 0 Å². The molecule has 3 heteroatoms. The zero-order valence-electron chi connectivity index (χ0n) is 10.4. The molecule has 0 saturated heterocycles. The third-order valence-electron chi connectivity index (χ3n) is 3.20. The number of pyridine rings is 1. The fraction of sp³-hybridized carbons (Fsp3) is 0.200. The van der Waals surface area contributed by atoms with Gasteiger partial charge in [0.1, 0.15) is 5.82 Å². The maximum Gasteiger partial charge on any atom is 0.108 e. The van der Waals surface area contributed by atoms with Crippen molar-refractivity contribution in [3.8, 4) is 0 Å². The number of para-hydroxylation sites is 1. The van der Waals surface area contributed by atoms with Gasteiger partial charge >= 0.3 is 0 Å². The normalized spacial score (nSPS) is 10.9. The number of aryl methyl sites for hydroxylation is 1. The quantitative estimate of drug-likeness (QED) is 0.701. The molecular weight excluding hydrogens is 222 g/mol. The summed E-state index contributed by atoms with van der Waals surface area (Å²) in [6, 6.07) is 10.3. The van der Waals surface area contributed by atoms with Crippen LogP contribution in [0.2, 0.25) is 0 Å². The highest BCUT2D eigenvalue weighted by molar-refractivity contribution is 5.81. The molecule has 0 aliphatic heterocycles. The second kappa shape index (κ2) is 4.61. The van der Waals surface area contributed by atoms with E-state index in [0.29, 0.717) is 0 Å². The molecule has 3 nitrogen and oxygen atoms in total. The number of hydrogen-bond acceptors (Lipinski definition) is 2. The summed E-state index contributed by atoms with van der Waals surface area (Å²) in [5.41, 5.74) is 2.33. The number of fused-ring (bicyclic) bond motifs is 1. The van der Waals surface area contributed by atoms with Crippen molar-refractivity contribution in [1.82, 2.24) is 14.5 Å². The van der Waals surface area contributed by atoms with Gasteiger partial charge in [0.2, 0.25) is 0 Å². The lowest BCUT2D eigenvalue weighted by Gasteiger charge is -2.09. The smallest absolute Gasteiger partial charge is 0.108 e. The van der Waals surface area contributed by atoms with Crippen molar-refractivity contribution in [1.29, 1.82) is 0 Å². The molecule has 0 atom stereocenters. The molecule has 3 rings (SSSR count). The first-order valence-electron chi connectivity index (χ1n) is 6.21. The molecule has 0 bridgehead atoms. The van der Waals surface area contributed by atoms with Crippen molar-refractivity contribution in [3.05, 3.63) is 60.3 Å². The van der Waals surface area contributed by atoms with Crippen molar-refractivity contribution in [3.63, 3.8) is 0 Å². The van der Waals surface area contributed by atoms with Gasteiger partial charge in [0.05, 0.1) is 5.52 Å². The summed E-state index contributed by atoms with van der Waals surface area (Å²) < 4.78 is 2.20. The van der Waals surface area contributed by atoms with Crippen LogP contribution in [0.3, 0.4) is 0 Å². The molecule has 3 aromatic rings. The number of rotatable bonds is 3. The van der Waals surface area contributed by atoms with Crippen molar-refractivity contribution >= 4 is 10.9 Å². The monoisotopic (exact) mass is 237 g/mol. The lowest BCUT2D eigenvalue weighted by atomic mass is 10.1. The molecule has 0 fully saturated rings. The van der Waals surface area contributed by atoms with Crippen LogP contribution in [0, 0.1) is 0 Å². The molecule has 0 aliphatic rings. The Hall–Kier alpha value is -2.16. The number of nitrogens with zero attached hydrogens (tertiary/aromatic N) is 3. The van der Waals surface area contributed by atoms with E-state index in [1.165, 1.54) is 10.9 Å². The van der Waals surface area contributed by atoms with E-state index < -0.39 is 0 Å². The van der Waals surface area contributed by atoms with Crippen LogP contribution in [-0.2, 0) is 13.0 Å². The van der Waals surface area contributed by atoms with Crippen LogP contribution in [0.1, 0.15) is 18.3 Å². The van der Waals surface area contributed by atoms with Gasteiger partial charge in [0.15, 0.2) is 0 Å². The minimum Gasteiger partial charge on any atom is -0.331 e. The zero-order valence-corrected chi connectivity index (χ0v) is 10.4. The van der Waals surface area contributed by atoms with Gasteiger partial charge in [-0.3, -0.25) is 4.98 Å². The zero-order chi connectivity index (χ0) is 12.4. The van der Waals surface area contributed by atoms with Gasteiger partial charge in [-0.25, -0.2) is 4.98 Å². The number of aromatic nitrogens is 3. The number of imidazole rings is 1. The van der Waals surface area contributed by atoms with E-state index >= 15 is 0 Å². The largest absolute Gasteiger partial charge is 0.331 e. The molecule has 0 unspecified atom stereocenters. The number of benzene rings is 1. The molecule has 0 spiro atoms. The van der Waals surface area contributed by atoms with E-state index in [2.05, 4.69) is 39.7 Å². The Morgan fingerprint density at radius 1 is 1.06 bits per heavy atom. The topological polar surface area (TPSA) is 30.7 Å². The van der Waals surface area contributed by atoms with Crippen LogP contribution in [0.25, 0.3) is 10.9 Å². The highest BCUT2D eigenvalue weighted by Crippen LogP contribution is 2.17. The highest BCUT2D eigenvalue weighted by atomic mass is 15.1. The highest BCUT2D eigenvalue weighted by Gasteiger charge is 2.04. The van der Waals surface area contributed by atoms with Crippen LogP contribution in [0.15, 0.2) is 48.9 Å². The first-order valence-corrected chi connectivity index (χ1v) is 6.21. The second-order valence-corrected chi connectivity index (χ2v) is 4.31. The molecule has 2 aromatic heterocycles. The molecule has 0 saturated carbocycles. The standard InChI is InChI=1S/C15H15N3/c1-2-15-17-9-10-18(15)11-12-7-8-16-14-6-4-3-5-13(12)14/h3-10H,2,11H2,1H3. The van der Waals surface area contributed by atoms with E-state index in [1.807, 2.05) is 30.7 Å². The Labute approximate surface area is 106 Å². The molecule has 18 heavy (non-hydrogen) atoms. The van der Waals surface area contributed by atoms with Crippen LogP contribution in [0.5, 0.6) is 0 Å². The summed E-state index contributed by atoms with van der Waals surface area (Å²) in [6.45, 7) is 2.98. The van der Waals surface area contributed by atoms with Crippen LogP contribution in [-0.4, -0.2) is 14.5 Å². The van der Waals surface area contributed by atoms with Gasteiger partial charge in [-0.2, -0.15) is 0 Å². The Bertz CT molecular complexity index is 665. The summed E-state index contributed by atoms with van der Waals surface area (Å²) >= 11 is 0. The average molecular weight is 237 g/mol. The van der Waals surface area contributed by atoms with Crippen LogP contribution >= 0.6 is 0 Å². The summed E-state index contributed by atoms with van der Waals surface area (Å²) in [4.78, 5) is 8.75. The maximum atomic E-state index is 4.39. The van der Waals surface area contributed by atoms with Gasteiger partial charge in [-0.15, -0.1) is 0 Å². The van der Waals surface area contributed by atoms with Crippen molar-refractivity contribution in [2.45, 2.75) is 19.9 Å². The van der Waals surface area contributed by atoms with E-state index in [1.54, 1.807) is 0 Å². The molecule has 0 aliphatic carbocycles. The van der Waals surface area contributed by atoms with Gasteiger partial charge in [-0.1, -0.05) is 25.1 Å². The van der Waals surface area contributed by atoms with Gasteiger partial charge in [0, 0.05) is 36.9 Å². The first kappa shape index (κ1) is 11.0. The lowest BCUT2D eigenvalue weighted by molar-refractivity contribution is 0.735. The Morgan fingerprint density at radius 3 is 2.83 bits per heavy atom. The molecule has 1 aromatic carbocycles. The van der Waals surface area contributed by atoms with Crippen LogP contribution < -0.4 is 0 Å². The van der Waals surface area contributed by atoms with E-state index in [0.717, 1.165) is 24.3 Å². The van der Waals surface area contributed by atoms with Crippen molar-refractivity contribution in [2.24, 2.45) is 0 Å². The van der Waals surface area contributed by atoms with E-state index in [9.17, 15) is 0 Å². The van der Waals surface area contributed by atoms with E-state index in [-0.39, 0.29) is 0 Å². The summed E-state index contributed by atoms with van der Waals surface area (Å²) in [7, 11) is 0.